The van der Waals surface area contributed by atoms with Crippen LogP contribution in [0.2, 0.25) is 0 Å². The number of aliphatic hydroxyl groups is 1. The molecule has 3 atom stereocenters. The SMILES string of the molecule is C[C@@H](O)Cc1c(SCC2CC2CC(=O)O)cccc1-c1cccc(/C=C/c2ccc3cc(F)c(F)cc3n2)c1. The van der Waals surface area contributed by atoms with Crippen molar-refractivity contribution in [2.75, 3.05) is 5.75 Å². The van der Waals surface area contributed by atoms with E-state index in [1.54, 1.807) is 30.8 Å². The lowest BCUT2D eigenvalue weighted by Crippen LogP contribution is -2.07. The Morgan fingerprint density at radius 3 is 2.64 bits per heavy atom. The first-order valence-electron chi connectivity index (χ1n) is 13.0. The molecule has 1 heterocycles. The molecule has 1 aromatic heterocycles. The number of aliphatic carboxylic acids is 1. The molecule has 0 amide bonds. The van der Waals surface area contributed by atoms with E-state index < -0.39 is 23.7 Å². The van der Waals surface area contributed by atoms with E-state index in [1.165, 1.54) is 0 Å². The van der Waals surface area contributed by atoms with Gasteiger partial charge in [-0.1, -0.05) is 42.5 Å². The molecule has 2 unspecified atom stereocenters. The lowest BCUT2D eigenvalue weighted by molar-refractivity contribution is -0.137. The van der Waals surface area contributed by atoms with Crippen LogP contribution in [0.15, 0.2) is 71.6 Å². The highest BCUT2D eigenvalue weighted by Crippen LogP contribution is 2.45. The van der Waals surface area contributed by atoms with Crippen molar-refractivity contribution >= 4 is 40.8 Å². The molecule has 5 rings (SSSR count). The van der Waals surface area contributed by atoms with Gasteiger partial charge in [0.2, 0.25) is 0 Å². The second kappa shape index (κ2) is 11.7. The van der Waals surface area contributed by atoms with E-state index in [0.717, 1.165) is 51.5 Å². The molecule has 2 N–H and O–H groups in total. The zero-order chi connectivity index (χ0) is 27.5. The average molecular weight is 546 g/mol. The van der Waals surface area contributed by atoms with E-state index in [9.17, 15) is 18.7 Å². The number of rotatable bonds is 10. The van der Waals surface area contributed by atoms with Gasteiger partial charge < -0.3 is 10.2 Å². The Hall–Kier alpha value is -3.55. The molecule has 39 heavy (non-hydrogen) atoms. The molecule has 0 saturated heterocycles. The molecule has 0 spiro atoms. The lowest BCUT2D eigenvalue weighted by Gasteiger charge is -2.17. The van der Waals surface area contributed by atoms with Crippen LogP contribution in [0.1, 0.15) is 36.6 Å². The normalized spacial score (nSPS) is 17.5. The van der Waals surface area contributed by atoms with E-state index >= 15 is 0 Å². The Labute approximate surface area is 230 Å². The van der Waals surface area contributed by atoms with Gasteiger partial charge in [0.15, 0.2) is 11.6 Å². The summed E-state index contributed by atoms with van der Waals surface area (Å²) in [6.07, 6.45) is 4.96. The topological polar surface area (TPSA) is 70.4 Å². The second-order valence-electron chi connectivity index (χ2n) is 10.2. The number of aromatic nitrogens is 1. The molecule has 4 aromatic rings. The van der Waals surface area contributed by atoms with Gasteiger partial charge in [-0.15, -0.1) is 11.8 Å². The van der Waals surface area contributed by atoms with Crippen LogP contribution in [0.25, 0.3) is 34.2 Å². The van der Waals surface area contributed by atoms with Crippen LogP contribution in [0.5, 0.6) is 0 Å². The summed E-state index contributed by atoms with van der Waals surface area (Å²) < 4.78 is 27.2. The molecule has 0 aliphatic heterocycles. The molecule has 1 aliphatic carbocycles. The van der Waals surface area contributed by atoms with Gasteiger partial charge in [0.1, 0.15) is 0 Å². The fraction of sp³-hybridized carbons (Fsp3) is 0.250. The first-order chi connectivity index (χ1) is 18.8. The number of carbonyl (C=O) groups is 1. The zero-order valence-electron chi connectivity index (χ0n) is 21.5. The Bertz CT molecular complexity index is 1550. The summed E-state index contributed by atoms with van der Waals surface area (Å²) in [6.45, 7) is 1.78. The number of hydrogen-bond acceptors (Lipinski definition) is 4. The van der Waals surface area contributed by atoms with Crippen molar-refractivity contribution in [2.45, 2.75) is 37.2 Å². The summed E-state index contributed by atoms with van der Waals surface area (Å²) in [5.74, 6) is -1.00. The van der Waals surface area contributed by atoms with Crippen molar-refractivity contribution in [2.24, 2.45) is 11.8 Å². The van der Waals surface area contributed by atoms with Crippen molar-refractivity contribution < 1.29 is 23.8 Å². The smallest absolute Gasteiger partial charge is 0.303 e. The van der Waals surface area contributed by atoms with Gasteiger partial charge in [0, 0.05) is 28.5 Å². The fourth-order valence-corrected chi connectivity index (χ4v) is 6.22. The molecule has 1 saturated carbocycles. The molecule has 7 heteroatoms. The predicted octanol–water partition coefficient (Wildman–Crippen LogP) is 7.48. The van der Waals surface area contributed by atoms with Crippen molar-refractivity contribution in [3.63, 3.8) is 0 Å². The minimum absolute atomic E-state index is 0.232. The van der Waals surface area contributed by atoms with Crippen LogP contribution in [0, 0.1) is 23.5 Å². The van der Waals surface area contributed by atoms with Crippen LogP contribution < -0.4 is 0 Å². The van der Waals surface area contributed by atoms with E-state index in [0.29, 0.717) is 28.9 Å². The van der Waals surface area contributed by atoms with Crippen LogP contribution in [-0.4, -0.2) is 33.0 Å². The maximum Gasteiger partial charge on any atom is 0.303 e. The summed E-state index contributed by atoms with van der Waals surface area (Å²) in [5, 5.41) is 19.9. The van der Waals surface area contributed by atoms with E-state index in [-0.39, 0.29) is 12.3 Å². The number of halogens is 2. The highest BCUT2D eigenvalue weighted by molar-refractivity contribution is 7.99. The number of carboxylic acids is 1. The third-order valence-corrected chi connectivity index (χ3v) is 8.28. The summed E-state index contributed by atoms with van der Waals surface area (Å²) in [4.78, 5) is 16.6. The van der Waals surface area contributed by atoms with Crippen molar-refractivity contribution in [1.29, 1.82) is 0 Å². The molecule has 0 bridgehead atoms. The lowest BCUT2D eigenvalue weighted by atomic mass is 9.95. The Morgan fingerprint density at radius 2 is 1.85 bits per heavy atom. The molecule has 4 nitrogen and oxygen atoms in total. The standard InChI is InChI=1S/C32H29F2NO3S/c1-19(36)12-27-26(6-3-7-31(27)39-18-24-14-23(24)16-32(37)38)21-5-2-4-20(13-21)8-10-25-11-9-22-15-28(33)29(34)17-30(22)35-25/h2-11,13,15,17,19,23-24,36H,12,14,16,18H2,1H3,(H,37,38)/b10-8+/t19-,23?,24?/m1/s1. The van der Waals surface area contributed by atoms with E-state index in [2.05, 4.69) is 23.2 Å². The van der Waals surface area contributed by atoms with Crippen LogP contribution >= 0.6 is 11.8 Å². The highest BCUT2D eigenvalue weighted by atomic mass is 32.2. The quantitative estimate of drug-likeness (QED) is 0.202. The second-order valence-corrected chi connectivity index (χ2v) is 11.2. The molecule has 1 fully saturated rings. The van der Waals surface area contributed by atoms with Gasteiger partial charge >= 0.3 is 5.97 Å². The molecular weight excluding hydrogens is 516 g/mol. The first-order valence-corrected chi connectivity index (χ1v) is 13.9. The minimum atomic E-state index is -0.922. The van der Waals surface area contributed by atoms with Crippen LogP contribution in [0.3, 0.4) is 0 Å². The first kappa shape index (κ1) is 27.0. The Balaban J connectivity index is 1.38. The number of aliphatic hydroxyl groups excluding tert-OH is 1. The van der Waals surface area contributed by atoms with Gasteiger partial charge in [-0.2, -0.15) is 0 Å². The van der Waals surface area contributed by atoms with Gasteiger partial charge in [0.05, 0.1) is 17.3 Å². The number of pyridine rings is 1. The predicted molar refractivity (Wildman–Crippen MR) is 152 cm³/mol. The van der Waals surface area contributed by atoms with Crippen LogP contribution in [0.4, 0.5) is 8.78 Å². The molecule has 200 valence electrons. The number of thioether (sulfide) groups is 1. The molecule has 1 aliphatic rings. The monoisotopic (exact) mass is 545 g/mol. The van der Waals surface area contributed by atoms with Gasteiger partial charge in [-0.25, -0.2) is 13.8 Å². The maximum atomic E-state index is 13.7. The summed E-state index contributed by atoms with van der Waals surface area (Å²) in [5.41, 5.74) is 5.13. The maximum absolute atomic E-state index is 13.7. The number of nitrogens with zero attached hydrogens (tertiary/aromatic N) is 1. The third-order valence-electron chi connectivity index (χ3n) is 6.99. The van der Waals surface area contributed by atoms with E-state index in [4.69, 9.17) is 5.11 Å². The number of fused-ring (bicyclic) bond motifs is 1. The summed E-state index contributed by atoms with van der Waals surface area (Å²) in [6, 6.07) is 20.0. The fourth-order valence-electron chi connectivity index (χ4n) is 4.88. The Kier molecular flexibility index (Phi) is 8.10. The van der Waals surface area contributed by atoms with Gasteiger partial charge in [-0.3, -0.25) is 4.79 Å². The summed E-state index contributed by atoms with van der Waals surface area (Å²) >= 11 is 1.74. The van der Waals surface area contributed by atoms with E-state index in [1.807, 2.05) is 36.4 Å². The largest absolute Gasteiger partial charge is 0.481 e. The zero-order valence-corrected chi connectivity index (χ0v) is 22.3. The van der Waals surface area contributed by atoms with Crippen molar-refractivity contribution in [3.8, 4) is 11.1 Å². The Morgan fingerprint density at radius 1 is 1.05 bits per heavy atom. The number of carboxylic acid groups (broad SMARTS) is 1. The number of benzene rings is 3. The molecular formula is C32H29F2NO3S. The molecule has 3 aromatic carbocycles. The average Bonchev–Trinajstić information content (AvgIpc) is 3.64. The minimum Gasteiger partial charge on any atom is -0.481 e. The highest BCUT2D eigenvalue weighted by Gasteiger charge is 2.38. The summed E-state index contributed by atoms with van der Waals surface area (Å²) in [7, 11) is 0. The van der Waals surface area contributed by atoms with Crippen LogP contribution in [-0.2, 0) is 11.2 Å². The van der Waals surface area contributed by atoms with Gasteiger partial charge in [0.25, 0.3) is 0 Å². The van der Waals surface area contributed by atoms with Gasteiger partial charge in [-0.05, 0) is 84.2 Å². The van der Waals surface area contributed by atoms with Crippen molar-refractivity contribution in [3.05, 3.63) is 95.2 Å². The molecule has 0 radical (unpaired) electrons. The van der Waals surface area contributed by atoms with Crippen molar-refractivity contribution in [1.82, 2.24) is 4.98 Å². The third kappa shape index (κ3) is 6.72. The number of hydrogen-bond donors (Lipinski definition) is 2.